The van der Waals surface area contributed by atoms with Crippen LogP contribution in [-0.2, 0) is 14.6 Å². The van der Waals surface area contributed by atoms with Crippen molar-refractivity contribution in [1.29, 1.82) is 0 Å². The molecule has 0 bridgehead atoms. The van der Waals surface area contributed by atoms with Crippen molar-refractivity contribution in [2.24, 2.45) is 0 Å². The lowest BCUT2D eigenvalue weighted by atomic mass is 10.0. The van der Waals surface area contributed by atoms with Gasteiger partial charge in [-0.2, -0.15) is 8.78 Å². The molecule has 0 unspecified atom stereocenters. The molecule has 250 valence electrons. The van der Waals surface area contributed by atoms with E-state index in [-0.39, 0.29) is 54.6 Å². The van der Waals surface area contributed by atoms with E-state index in [2.05, 4.69) is 14.8 Å². The van der Waals surface area contributed by atoms with E-state index in [4.69, 9.17) is 4.74 Å². The molecule has 15 heteroatoms. The Bertz CT molecular complexity index is 1540. The van der Waals surface area contributed by atoms with Crippen molar-refractivity contribution in [2.45, 2.75) is 55.8 Å². The molecule has 1 heterocycles. The molecule has 0 spiro atoms. The van der Waals surface area contributed by atoms with Crippen LogP contribution in [0.4, 0.5) is 27.6 Å². The van der Waals surface area contributed by atoms with Gasteiger partial charge in [-0.15, -0.1) is 13.2 Å². The largest absolute Gasteiger partial charge is 0.573 e. The summed E-state index contributed by atoms with van der Waals surface area (Å²) in [5.41, 5.74) is 1.49. The molecular weight excluding hydrogens is 639 g/mol. The molecule has 3 aromatic rings. The van der Waals surface area contributed by atoms with Gasteiger partial charge >= 0.3 is 13.0 Å². The minimum absolute atomic E-state index is 0.0534. The highest BCUT2D eigenvalue weighted by Gasteiger charge is 2.35. The number of alkyl halides is 5. The molecule has 1 aliphatic rings. The van der Waals surface area contributed by atoms with Gasteiger partial charge in [0, 0.05) is 24.3 Å². The number of hydrogen-bond donors (Lipinski definition) is 2. The van der Waals surface area contributed by atoms with Gasteiger partial charge in [-0.25, -0.2) is 8.42 Å². The third kappa shape index (κ3) is 9.53. The summed E-state index contributed by atoms with van der Waals surface area (Å²) in [6.45, 7) is -1.76. The van der Waals surface area contributed by atoms with Gasteiger partial charge in [0.2, 0.25) is 0 Å². The van der Waals surface area contributed by atoms with Gasteiger partial charge in [-0.1, -0.05) is 19.1 Å². The maximum absolute atomic E-state index is 13.1. The lowest BCUT2D eigenvalue weighted by Gasteiger charge is -2.26. The Labute approximate surface area is 262 Å². The molecule has 2 N–H and O–H groups in total. The number of nitrogens with one attached hydrogen (secondary N) is 1. The third-order valence-electron chi connectivity index (χ3n) is 7.36. The fourth-order valence-corrected chi connectivity index (χ4v) is 5.98. The normalized spacial score (nSPS) is 17.6. The fraction of sp³-hybridized carbons (Fsp3) is 0.387. The van der Waals surface area contributed by atoms with Gasteiger partial charge in [0.1, 0.15) is 17.6 Å². The lowest BCUT2D eigenvalue weighted by molar-refractivity contribution is -0.274. The standard InChI is InChI=1S/C31H33F5N2O7S/c1-2-46(41,42)27-13-5-20(6-14-27)28(15-16-39)37-29(40)21-3-7-22(8-4-21)38-18-26(17-23(38)19-43-30(32)33)44-24-9-11-25(12-10-24)45-31(34,35)36/h3-14,23,26,28,30,39H,2,15-19H2,1H3,(H,37,40)/t23-,26-,28-/m0/s1. The first-order chi connectivity index (χ1) is 21.8. The molecule has 1 fully saturated rings. The molecule has 46 heavy (non-hydrogen) atoms. The zero-order chi connectivity index (χ0) is 33.5. The van der Waals surface area contributed by atoms with E-state index in [0.29, 0.717) is 11.3 Å². The van der Waals surface area contributed by atoms with E-state index in [0.717, 1.165) is 12.1 Å². The number of nitrogens with zero attached hydrogens (tertiary/aromatic N) is 1. The highest BCUT2D eigenvalue weighted by molar-refractivity contribution is 7.91. The van der Waals surface area contributed by atoms with Crippen LogP contribution in [0.2, 0.25) is 0 Å². The number of carbonyl (C=O) groups excluding carboxylic acids is 1. The Morgan fingerprint density at radius 2 is 1.63 bits per heavy atom. The number of rotatable bonds is 14. The van der Waals surface area contributed by atoms with Crippen molar-refractivity contribution in [1.82, 2.24) is 5.32 Å². The van der Waals surface area contributed by atoms with Gasteiger partial charge in [0.25, 0.3) is 5.91 Å². The monoisotopic (exact) mass is 672 g/mol. The van der Waals surface area contributed by atoms with Crippen LogP contribution >= 0.6 is 0 Å². The average molecular weight is 673 g/mol. The minimum atomic E-state index is -4.84. The zero-order valence-electron chi connectivity index (χ0n) is 24.6. The Balaban J connectivity index is 1.44. The molecule has 4 rings (SSSR count). The van der Waals surface area contributed by atoms with Crippen LogP contribution in [0.1, 0.15) is 41.7 Å². The number of aliphatic hydroxyl groups is 1. The van der Waals surface area contributed by atoms with Gasteiger partial charge in [-0.3, -0.25) is 4.79 Å². The number of anilines is 1. The molecule has 0 saturated carbocycles. The van der Waals surface area contributed by atoms with E-state index >= 15 is 0 Å². The van der Waals surface area contributed by atoms with Crippen molar-refractivity contribution in [3.8, 4) is 11.5 Å². The molecule has 1 aliphatic heterocycles. The van der Waals surface area contributed by atoms with E-state index in [9.17, 15) is 40.3 Å². The molecule has 3 aromatic carbocycles. The second-order valence-corrected chi connectivity index (χ2v) is 12.7. The van der Waals surface area contributed by atoms with Crippen LogP contribution in [0, 0.1) is 0 Å². The van der Waals surface area contributed by atoms with Gasteiger partial charge in [0.05, 0.1) is 35.9 Å². The topological polar surface area (TPSA) is 114 Å². The van der Waals surface area contributed by atoms with E-state index in [1.807, 2.05) is 0 Å². The summed E-state index contributed by atoms with van der Waals surface area (Å²) in [4.78, 5) is 15.1. The van der Waals surface area contributed by atoms with Crippen LogP contribution in [-0.4, -0.2) is 70.1 Å². The molecule has 0 aromatic heterocycles. The maximum atomic E-state index is 13.1. The Morgan fingerprint density at radius 3 is 2.20 bits per heavy atom. The number of amides is 1. The predicted molar refractivity (Wildman–Crippen MR) is 158 cm³/mol. The number of sulfone groups is 1. The smallest absolute Gasteiger partial charge is 0.489 e. The number of ether oxygens (including phenoxy) is 3. The summed E-state index contributed by atoms with van der Waals surface area (Å²) in [6, 6.07) is 16.2. The predicted octanol–water partition coefficient (Wildman–Crippen LogP) is 5.50. The maximum Gasteiger partial charge on any atom is 0.573 e. The van der Waals surface area contributed by atoms with Crippen LogP contribution in [0.15, 0.2) is 77.7 Å². The van der Waals surface area contributed by atoms with E-state index in [1.165, 1.54) is 24.3 Å². The molecule has 1 saturated heterocycles. The second-order valence-electron chi connectivity index (χ2n) is 10.5. The van der Waals surface area contributed by atoms with Gasteiger partial charge < -0.3 is 29.5 Å². The number of halogens is 5. The molecule has 3 atom stereocenters. The summed E-state index contributed by atoms with van der Waals surface area (Å²) in [5, 5.41) is 12.4. The highest BCUT2D eigenvalue weighted by Crippen LogP contribution is 2.31. The van der Waals surface area contributed by atoms with E-state index in [1.54, 1.807) is 48.2 Å². The Hall–Kier alpha value is -3.95. The average Bonchev–Trinajstić information content (AvgIpc) is 3.42. The van der Waals surface area contributed by atoms with Gasteiger partial charge in [0.15, 0.2) is 9.84 Å². The molecular formula is C31H33F5N2O7S. The highest BCUT2D eigenvalue weighted by atomic mass is 32.2. The van der Waals surface area contributed by atoms with E-state index < -0.39 is 52.7 Å². The summed E-state index contributed by atoms with van der Waals surface area (Å²) in [6.07, 6.45) is -4.89. The van der Waals surface area contributed by atoms with Gasteiger partial charge in [-0.05, 0) is 72.6 Å². The molecule has 9 nitrogen and oxygen atoms in total. The first kappa shape index (κ1) is 34.9. The number of benzene rings is 3. The molecule has 0 aliphatic carbocycles. The quantitative estimate of drug-likeness (QED) is 0.216. The minimum Gasteiger partial charge on any atom is -0.489 e. The van der Waals surface area contributed by atoms with Crippen molar-refractivity contribution < 1.29 is 54.5 Å². The molecule has 0 radical (unpaired) electrons. The van der Waals surface area contributed by atoms with Crippen LogP contribution in [0.25, 0.3) is 0 Å². The number of carbonyl (C=O) groups is 1. The second kappa shape index (κ2) is 15.1. The summed E-state index contributed by atoms with van der Waals surface area (Å²) in [5.74, 6) is -0.653. The first-order valence-electron chi connectivity index (χ1n) is 14.3. The first-order valence-corrected chi connectivity index (χ1v) is 16.0. The van der Waals surface area contributed by atoms with Crippen LogP contribution < -0.4 is 19.7 Å². The van der Waals surface area contributed by atoms with Crippen molar-refractivity contribution in [2.75, 3.05) is 30.4 Å². The number of hydrogen-bond acceptors (Lipinski definition) is 8. The molecule has 1 amide bonds. The lowest BCUT2D eigenvalue weighted by Crippen LogP contribution is -2.34. The van der Waals surface area contributed by atoms with Crippen molar-refractivity contribution in [3.63, 3.8) is 0 Å². The van der Waals surface area contributed by atoms with Crippen molar-refractivity contribution in [3.05, 3.63) is 83.9 Å². The summed E-state index contributed by atoms with van der Waals surface area (Å²) >= 11 is 0. The Morgan fingerprint density at radius 1 is 1.00 bits per heavy atom. The SMILES string of the molecule is CCS(=O)(=O)c1ccc([C@H](CCO)NC(=O)c2ccc(N3C[C@@H](Oc4ccc(OC(F)(F)F)cc4)C[C@H]3COC(F)F)cc2)cc1. The summed E-state index contributed by atoms with van der Waals surface area (Å²) in [7, 11) is -3.40. The third-order valence-corrected chi connectivity index (χ3v) is 9.11. The Kier molecular flexibility index (Phi) is 11.5. The zero-order valence-corrected chi connectivity index (χ0v) is 25.4. The van der Waals surface area contributed by atoms with Crippen LogP contribution in [0.3, 0.4) is 0 Å². The summed E-state index contributed by atoms with van der Waals surface area (Å²) < 4.78 is 102. The van der Waals surface area contributed by atoms with Crippen molar-refractivity contribution >= 4 is 21.4 Å². The fourth-order valence-electron chi connectivity index (χ4n) is 5.10. The number of aliphatic hydroxyl groups excluding tert-OH is 1. The van der Waals surface area contributed by atoms with Crippen LogP contribution in [0.5, 0.6) is 11.5 Å².